The van der Waals surface area contributed by atoms with Gasteiger partial charge in [0.2, 0.25) is 0 Å². The number of imidazole rings is 1. The predicted molar refractivity (Wildman–Crippen MR) is 114 cm³/mol. The number of nitrogens with zero attached hydrogens (tertiary/aromatic N) is 3. The van der Waals surface area contributed by atoms with Crippen LogP contribution in [0.1, 0.15) is 6.92 Å². The van der Waals surface area contributed by atoms with Crippen LogP contribution in [0.4, 0.5) is 24.7 Å². The number of fused-ring (bicyclic) bond motifs is 1. The fourth-order valence-electron chi connectivity index (χ4n) is 3.25. The fraction of sp³-hybridized carbons (Fsp3) is 0.250. The monoisotopic (exact) mass is 514 g/mol. The van der Waals surface area contributed by atoms with Crippen molar-refractivity contribution in [1.82, 2.24) is 9.55 Å². The molecule has 2 aromatic carbocycles. The molecule has 1 N–H and O–H groups in total. The Balaban J connectivity index is 1.35. The molecule has 35 heavy (non-hydrogen) atoms. The Labute approximate surface area is 196 Å². The standard InChI is InChI=1S/C20H17F3N4O7S/c1-19(11-26-10-17(27(28)29)24-18(26)34-19)12-32-14-6-8-16(9-7-14)35(30,31)25-13-2-4-15(5-3-13)33-20(21,22)23/h2-10,25H,11-12H2,1H3. The number of halogens is 3. The van der Waals surface area contributed by atoms with Crippen LogP contribution < -0.4 is 18.9 Å². The average molecular weight is 514 g/mol. The first-order valence-electron chi connectivity index (χ1n) is 9.84. The average Bonchev–Trinajstić information content (AvgIpc) is 3.28. The van der Waals surface area contributed by atoms with Crippen LogP contribution in [-0.2, 0) is 16.6 Å². The Hall–Kier alpha value is -4.01. The van der Waals surface area contributed by atoms with Gasteiger partial charge in [-0.05, 0) is 60.4 Å². The summed E-state index contributed by atoms with van der Waals surface area (Å²) in [5, 5.41) is 10.8. The second-order valence-corrected chi connectivity index (χ2v) is 9.44. The molecule has 3 aromatic rings. The second-order valence-electron chi connectivity index (χ2n) is 7.76. The zero-order valence-corrected chi connectivity index (χ0v) is 18.7. The number of rotatable bonds is 8. The van der Waals surface area contributed by atoms with Gasteiger partial charge in [-0.2, -0.15) is 0 Å². The number of anilines is 1. The van der Waals surface area contributed by atoms with E-state index in [1.807, 2.05) is 0 Å². The Morgan fingerprint density at radius 2 is 1.80 bits per heavy atom. The number of ether oxygens (including phenoxy) is 3. The number of aromatic nitrogens is 2. The molecule has 15 heteroatoms. The Kier molecular flexibility index (Phi) is 5.96. The van der Waals surface area contributed by atoms with Gasteiger partial charge in [-0.15, -0.1) is 13.2 Å². The number of sulfonamides is 1. The van der Waals surface area contributed by atoms with Crippen molar-refractivity contribution in [2.45, 2.75) is 30.3 Å². The summed E-state index contributed by atoms with van der Waals surface area (Å²) >= 11 is 0. The van der Waals surface area contributed by atoms with E-state index in [4.69, 9.17) is 9.47 Å². The smallest absolute Gasteiger partial charge is 0.489 e. The Bertz CT molecular complexity index is 1320. The summed E-state index contributed by atoms with van der Waals surface area (Å²) in [5.41, 5.74) is -0.796. The van der Waals surface area contributed by atoms with Crippen LogP contribution >= 0.6 is 0 Å². The number of hydrogen-bond donors (Lipinski definition) is 1. The summed E-state index contributed by atoms with van der Waals surface area (Å²) < 4.78 is 80.8. The fourth-order valence-corrected chi connectivity index (χ4v) is 4.30. The third-order valence-electron chi connectivity index (χ3n) is 4.78. The maximum atomic E-state index is 12.6. The van der Waals surface area contributed by atoms with Gasteiger partial charge >= 0.3 is 18.2 Å². The minimum absolute atomic E-state index is 0.0453. The SMILES string of the molecule is CC1(COc2ccc(S(=O)(=O)Nc3ccc(OC(F)(F)F)cc3)cc2)Cn2cc([N+](=O)[O-])nc2O1. The Morgan fingerprint density at radius 1 is 1.17 bits per heavy atom. The van der Waals surface area contributed by atoms with Gasteiger partial charge in [0.25, 0.3) is 10.0 Å². The first-order valence-corrected chi connectivity index (χ1v) is 11.3. The molecule has 0 bridgehead atoms. The zero-order chi connectivity index (χ0) is 25.4. The van der Waals surface area contributed by atoms with E-state index in [0.717, 1.165) is 24.3 Å². The largest absolute Gasteiger partial charge is 0.573 e. The lowest BCUT2D eigenvalue weighted by Gasteiger charge is -2.22. The summed E-state index contributed by atoms with van der Waals surface area (Å²) in [5.74, 6) is -0.458. The molecule has 2 heterocycles. The van der Waals surface area contributed by atoms with Gasteiger partial charge in [0, 0.05) is 10.7 Å². The van der Waals surface area contributed by atoms with Gasteiger partial charge in [0.05, 0.1) is 11.4 Å². The molecule has 11 nitrogen and oxygen atoms in total. The first-order chi connectivity index (χ1) is 16.3. The number of hydrogen-bond acceptors (Lipinski definition) is 8. The minimum atomic E-state index is -4.85. The lowest BCUT2D eigenvalue weighted by Crippen LogP contribution is -2.38. The van der Waals surface area contributed by atoms with Crippen LogP contribution in [0.25, 0.3) is 0 Å². The van der Waals surface area contributed by atoms with Gasteiger partial charge in [-0.3, -0.25) is 9.29 Å². The lowest BCUT2D eigenvalue weighted by molar-refractivity contribution is -0.389. The number of benzene rings is 2. The highest BCUT2D eigenvalue weighted by Gasteiger charge is 2.41. The van der Waals surface area contributed by atoms with E-state index in [2.05, 4.69) is 14.4 Å². The highest BCUT2D eigenvalue weighted by Crippen LogP contribution is 2.32. The molecule has 0 saturated carbocycles. The number of alkyl halides is 3. The van der Waals surface area contributed by atoms with Crippen LogP contribution in [0.5, 0.6) is 17.5 Å². The third-order valence-corrected chi connectivity index (χ3v) is 6.17. The molecule has 0 amide bonds. The van der Waals surface area contributed by atoms with Crippen molar-refractivity contribution in [3.8, 4) is 17.5 Å². The van der Waals surface area contributed by atoms with Gasteiger partial charge in [0.1, 0.15) is 24.3 Å². The summed E-state index contributed by atoms with van der Waals surface area (Å²) in [6, 6.07) is 9.79. The van der Waals surface area contributed by atoms with Crippen LogP contribution in [0.15, 0.2) is 59.6 Å². The molecule has 0 aliphatic carbocycles. The van der Waals surface area contributed by atoms with Crippen molar-refractivity contribution < 1.29 is 40.7 Å². The molecule has 1 aliphatic heterocycles. The molecule has 0 spiro atoms. The third kappa shape index (κ3) is 5.74. The molecule has 0 saturated heterocycles. The summed E-state index contributed by atoms with van der Waals surface area (Å²) in [6.45, 7) is 2.06. The molecule has 0 fully saturated rings. The molecule has 186 valence electrons. The van der Waals surface area contributed by atoms with Crippen molar-refractivity contribution in [1.29, 1.82) is 0 Å². The molecule has 1 aliphatic rings. The summed E-state index contributed by atoms with van der Waals surface area (Å²) in [6.07, 6.45) is -3.58. The topological polar surface area (TPSA) is 135 Å². The van der Waals surface area contributed by atoms with Crippen LogP contribution in [-0.4, -0.2) is 41.5 Å². The van der Waals surface area contributed by atoms with E-state index in [0.29, 0.717) is 5.75 Å². The van der Waals surface area contributed by atoms with Crippen LogP contribution in [0, 0.1) is 10.1 Å². The zero-order valence-electron chi connectivity index (χ0n) is 17.9. The van der Waals surface area contributed by atoms with E-state index in [9.17, 15) is 31.7 Å². The molecule has 1 unspecified atom stereocenters. The highest BCUT2D eigenvalue weighted by molar-refractivity contribution is 7.92. The molecule has 1 atom stereocenters. The molecular weight excluding hydrogens is 497 g/mol. The molecular formula is C20H17F3N4O7S. The van der Waals surface area contributed by atoms with Crippen molar-refractivity contribution in [3.63, 3.8) is 0 Å². The van der Waals surface area contributed by atoms with Gasteiger partial charge in [-0.25, -0.2) is 8.42 Å². The maximum Gasteiger partial charge on any atom is 0.573 e. The van der Waals surface area contributed by atoms with E-state index < -0.39 is 32.7 Å². The molecule has 4 rings (SSSR count). The van der Waals surface area contributed by atoms with E-state index in [-0.39, 0.29) is 35.6 Å². The van der Waals surface area contributed by atoms with Crippen LogP contribution in [0.2, 0.25) is 0 Å². The molecule has 1 aromatic heterocycles. The normalized spacial score (nSPS) is 17.4. The predicted octanol–water partition coefficient (Wildman–Crippen LogP) is 3.72. The van der Waals surface area contributed by atoms with E-state index >= 15 is 0 Å². The van der Waals surface area contributed by atoms with E-state index in [1.54, 1.807) is 6.92 Å². The van der Waals surface area contributed by atoms with Crippen molar-refractivity contribution in [3.05, 3.63) is 64.8 Å². The maximum absolute atomic E-state index is 12.6. The van der Waals surface area contributed by atoms with Crippen molar-refractivity contribution >= 4 is 21.5 Å². The second kappa shape index (κ2) is 8.65. The van der Waals surface area contributed by atoms with Crippen LogP contribution in [0.3, 0.4) is 0 Å². The number of nitrogens with one attached hydrogen (secondary N) is 1. The first kappa shape index (κ1) is 24.1. The quantitative estimate of drug-likeness (QED) is 0.355. The summed E-state index contributed by atoms with van der Waals surface area (Å²) in [7, 11) is -4.02. The van der Waals surface area contributed by atoms with Gasteiger partial charge < -0.3 is 24.3 Å². The Morgan fingerprint density at radius 3 is 2.37 bits per heavy atom. The number of nitro groups is 1. The van der Waals surface area contributed by atoms with Crippen molar-refractivity contribution in [2.75, 3.05) is 11.3 Å². The van der Waals surface area contributed by atoms with Crippen molar-refractivity contribution in [2.24, 2.45) is 0 Å². The minimum Gasteiger partial charge on any atom is -0.489 e. The summed E-state index contributed by atoms with van der Waals surface area (Å²) in [4.78, 5) is 13.9. The van der Waals surface area contributed by atoms with E-state index in [1.165, 1.54) is 35.0 Å². The molecule has 0 radical (unpaired) electrons. The van der Waals surface area contributed by atoms with Gasteiger partial charge in [0.15, 0.2) is 5.60 Å². The lowest BCUT2D eigenvalue weighted by atomic mass is 10.1. The van der Waals surface area contributed by atoms with Gasteiger partial charge in [-0.1, -0.05) is 0 Å². The highest BCUT2D eigenvalue weighted by atomic mass is 32.2.